The molecule has 0 amide bonds. The van der Waals surface area contributed by atoms with E-state index in [0.29, 0.717) is 23.1 Å². The van der Waals surface area contributed by atoms with E-state index in [1.54, 1.807) is 36.7 Å². The first-order chi connectivity index (χ1) is 13.6. The van der Waals surface area contributed by atoms with Gasteiger partial charge in [0.25, 0.3) is 0 Å². The van der Waals surface area contributed by atoms with Crippen LogP contribution in [0.3, 0.4) is 0 Å². The molecular weight excluding hydrogens is 358 g/mol. The average Bonchev–Trinajstić information content (AvgIpc) is 3.17. The second-order valence-corrected chi connectivity index (χ2v) is 6.75. The number of carbonyl (C=O) groups is 2. The highest BCUT2D eigenvalue weighted by Gasteiger charge is 2.20. The zero-order chi connectivity index (χ0) is 19.5. The normalized spacial score (nSPS) is 15.0. The highest BCUT2D eigenvalue weighted by atomic mass is 16.5. The molecule has 0 unspecified atom stereocenters. The molecule has 1 aromatic carbocycles. The molecule has 4 rings (SSSR count). The maximum Gasteiger partial charge on any atom is 0.373 e. The van der Waals surface area contributed by atoms with Gasteiger partial charge < -0.3 is 14.1 Å². The van der Waals surface area contributed by atoms with Gasteiger partial charge in [-0.3, -0.25) is 14.7 Å². The lowest BCUT2D eigenvalue weighted by atomic mass is 10.1. The third-order valence-corrected chi connectivity index (χ3v) is 4.99. The number of ether oxygens (including phenoxy) is 1. The van der Waals surface area contributed by atoms with Crippen LogP contribution >= 0.6 is 0 Å². The number of aromatic nitrogens is 1. The number of Topliss-reactive ketones (excluding diaryl/α,β-unsaturated/α-hetero) is 1. The summed E-state index contributed by atoms with van der Waals surface area (Å²) in [6, 6.07) is 10.8. The van der Waals surface area contributed by atoms with Crippen molar-refractivity contribution in [2.75, 3.05) is 44.7 Å². The summed E-state index contributed by atoms with van der Waals surface area (Å²) in [7, 11) is 1.30. The number of rotatable bonds is 5. The summed E-state index contributed by atoms with van der Waals surface area (Å²) in [5, 5.41) is 0.716. The predicted octanol–water partition coefficient (Wildman–Crippen LogP) is 2.62. The van der Waals surface area contributed by atoms with Gasteiger partial charge in [-0.15, -0.1) is 0 Å². The number of nitrogens with zero attached hydrogens (tertiary/aromatic N) is 3. The van der Waals surface area contributed by atoms with Crippen LogP contribution in [-0.2, 0) is 4.74 Å². The predicted molar refractivity (Wildman–Crippen MR) is 105 cm³/mol. The number of piperazine rings is 1. The molecule has 144 valence electrons. The second-order valence-electron chi connectivity index (χ2n) is 6.75. The molecule has 2 aromatic heterocycles. The van der Waals surface area contributed by atoms with Crippen molar-refractivity contribution in [3.8, 4) is 0 Å². The highest BCUT2D eigenvalue weighted by Crippen LogP contribution is 2.22. The van der Waals surface area contributed by atoms with Gasteiger partial charge in [0.1, 0.15) is 5.58 Å². The first-order valence-electron chi connectivity index (χ1n) is 9.16. The van der Waals surface area contributed by atoms with E-state index in [1.807, 2.05) is 12.1 Å². The number of hydrogen-bond acceptors (Lipinski definition) is 7. The number of pyridine rings is 1. The number of esters is 1. The van der Waals surface area contributed by atoms with Crippen molar-refractivity contribution >= 4 is 28.4 Å². The molecule has 7 nitrogen and oxygen atoms in total. The summed E-state index contributed by atoms with van der Waals surface area (Å²) in [6.07, 6.45) is 3.59. The molecule has 0 atom stereocenters. The van der Waals surface area contributed by atoms with E-state index in [2.05, 4.69) is 19.5 Å². The van der Waals surface area contributed by atoms with Crippen molar-refractivity contribution in [1.29, 1.82) is 0 Å². The zero-order valence-corrected chi connectivity index (χ0v) is 15.6. The Balaban J connectivity index is 1.39. The van der Waals surface area contributed by atoms with Gasteiger partial charge in [0.15, 0.2) is 5.78 Å². The van der Waals surface area contributed by atoms with Crippen LogP contribution in [0.4, 0.5) is 5.69 Å². The second kappa shape index (κ2) is 7.82. The van der Waals surface area contributed by atoms with Gasteiger partial charge in [-0.05, 0) is 36.4 Å². The number of methoxy groups -OCH3 is 1. The van der Waals surface area contributed by atoms with Gasteiger partial charge in [-0.2, -0.15) is 0 Å². The van der Waals surface area contributed by atoms with Crippen molar-refractivity contribution in [3.05, 3.63) is 60.1 Å². The molecule has 0 saturated carbocycles. The van der Waals surface area contributed by atoms with E-state index in [4.69, 9.17) is 4.42 Å². The van der Waals surface area contributed by atoms with Crippen LogP contribution < -0.4 is 4.90 Å². The summed E-state index contributed by atoms with van der Waals surface area (Å²) in [5.41, 5.74) is 2.33. The minimum absolute atomic E-state index is 0.0556. The van der Waals surface area contributed by atoms with Crippen LogP contribution in [0.5, 0.6) is 0 Å². The first kappa shape index (κ1) is 18.2. The Morgan fingerprint density at radius 3 is 2.54 bits per heavy atom. The minimum atomic E-state index is -0.531. The summed E-state index contributed by atoms with van der Waals surface area (Å²) < 4.78 is 10.1. The van der Waals surface area contributed by atoms with Gasteiger partial charge in [-0.25, -0.2) is 4.79 Å². The smallest absolute Gasteiger partial charge is 0.373 e. The van der Waals surface area contributed by atoms with E-state index < -0.39 is 5.97 Å². The van der Waals surface area contributed by atoms with Crippen LogP contribution in [0.2, 0.25) is 0 Å². The van der Waals surface area contributed by atoms with E-state index in [9.17, 15) is 9.59 Å². The summed E-state index contributed by atoms with van der Waals surface area (Å²) in [4.78, 5) is 32.8. The molecule has 0 bridgehead atoms. The number of hydrogen-bond donors (Lipinski definition) is 0. The molecular formula is C21H21N3O4. The van der Waals surface area contributed by atoms with Crippen LogP contribution in [0, 0.1) is 0 Å². The van der Waals surface area contributed by atoms with E-state index in [0.717, 1.165) is 31.9 Å². The van der Waals surface area contributed by atoms with Crippen LogP contribution in [0.1, 0.15) is 20.9 Å². The Hall–Kier alpha value is -3.19. The molecule has 0 aliphatic carbocycles. The minimum Gasteiger partial charge on any atom is -0.463 e. The Morgan fingerprint density at radius 1 is 1.07 bits per heavy atom. The third kappa shape index (κ3) is 3.75. The first-order valence-corrected chi connectivity index (χ1v) is 9.16. The molecule has 7 heteroatoms. The van der Waals surface area contributed by atoms with Crippen molar-refractivity contribution in [2.24, 2.45) is 0 Å². The van der Waals surface area contributed by atoms with Gasteiger partial charge in [0.2, 0.25) is 5.76 Å². The number of ketones is 1. The molecule has 1 aliphatic heterocycles. The van der Waals surface area contributed by atoms with E-state index in [-0.39, 0.29) is 11.5 Å². The fourth-order valence-electron chi connectivity index (χ4n) is 3.43. The molecule has 0 spiro atoms. The van der Waals surface area contributed by atoms with Crippen molar-refractivity contribution < 1.29 is 18.7 Å². The fourth-order valence-corrected chi connectivity index (χ4v) is 3.43. The maximum absolute atomic E-state index is 12.7. The number of fused-ring (bicyclic) bond motifs is 1. The molecule has 1 fully saturated rings. The molecule has 1 aliphatic rings. The maximum atomic E-state index is 12.7. The quantitative estimate of drug-likeness (QED) is 0.498. The Labute approximate surface area is 162 Å². The Morgan fingerprint density at radius 2 is 1.82 bits per heavy atom. The number of benzene rings is 1. The largest absolute Gasteiger partial charge is 0.463 e. The van der Waals surface area contributed by atoms with Gasteiger partial charge >= 0.3 is 5.97 Å². The fraction of sp³-hybridized carbons (Fsp3) is 0.286. The van der Waals surface area contributed by atoms with Gasteiger partial charge in [-0.1, -0.05) is 0 Å². The Kier molecular flexibility index (Phi) is 5.08. The number of anilines is 1. The van der Waals surface area contributed by atoms with Crippen LogP contribution in [-0.4, -0.2) is 61.5 Å². The lowest BCUT2D eigenvalue weighted by Gasteiger charge is -2.35. The summed E-state index contributed by atoms with van der Waals surface area (Å²) in [6.45, 7) is 3.78. The molecule has 3 heterocycles. The zero-order valence-electron chi connectivity index (χ0n) is 15.6. The van der Waals surface area contributed by atoms with E-state index in [1.165, 1.54) is 7.11 Å². The van der Waals surface area contributed by atoms with E-state index >= 15 is 0 Å². The van der Waals surface area contributed by atoms with Crippen LogP contribution in [0.25, 0.3) is 11.0 Å². The molecule has 0 N–H and O–H groups in total. The monoisotopic (exact) mass is 379 g/mol. The SMILES string of the molecule is COC(=O)c1cc2cc(C(=O)CN3CCN(c4ccncc4)CC3)ccc2o1. The topological polar surface area (TPSA) is 75.9 Å². The standard InChI is InChI=1S/C21H21N3O4/c1-27-21(26)20-13-16-12-15(2-3-19(16)28-20)18(25)14-23-8-10-24(11-9-23)17-4-6-22-7-5-17/h2-7,12-13H,8-11,14H2,1H3. The molecule has 3 aromatic rings. The van der Waals surface area contributed by atoms with Gasteiger partial charge in [0.05, 0.1) is 13.7 Å². The van der Waals surface area contributed by atoms with Crippen LogP contribution in [0.15, 0.2) is 53.2 Å². The Bertz CT molecular complexity index is 991. The van der Waals surface area contributed by atoms with Crippen molar-refractivity contribution in [3.63, 3.8) is 0 Å². The average molecular weight is 379 g/mol. The van der Waals surface area contributed by atoms with Crippen molar-refractivity contribution in [2.45, 2.75) is 0 Å². The summed E-state index contributed by atoms with van der Waals surface area (Å²) in [5.74, 6) is -0.342. The summed E-state index contributed by atoms with van der Waals surface area (Å²) >= 11 is 0. The molecule has 1 saturated heterocycles. The van der Waals surface area contributed by atoms with Gasteiger partial charge in [0, 0.05) is 55.2 Å². The lowest BCUT2D eigenvalue weighted by Crippen LogP contribution is -2.48. The van der Waals surface area contributed by atoms with Crippen molar-refractivity contribution in [1.82, 2.24) is 9.88 Å². The molecule has 0 radical (unpaired) electrons. The highest BCUT2D eigenvalue weighted by molar-refractivity contribution is 6.01. The third-order valence-electron chi connectivity index (χ3n) is 4.99. The lowest BCUT2D eigenvalue weighted by molar-refractivity contribution is 0.0567. The number of furan rings is 1. The number of carbonyl (C=O) groups excluding carboxylic acids is 2. The molecule has 28 heavy (non-hydrogen) atoms.